The molecule has 0 spiro atoms. The summed E-state index contributed by atoms with van der Waals surface area (Å²) in [4.78, 5) is 2.55. The molecular formula is C15H22N2O. The van der Waals surface area contributed by atoms with E-state index in [4.69, 9.17) is 4.74 Å². The molecule has 1 N–H and O–H groups in total. The van der Waals surface area contributed by atoms with Gasteiger partial charge in [-0.05, 0) is 25.0 Å². The van der Waals surface area contributed by atoms with E-state index >= 15 is 0 Å². The molecule has 3 nitrogen and oxygen atoms in total. The fourth-order valence-electron chi connectivity index (χ4n) is 3.42. The smallest absolute Gasteiger partial charge is 0.142 e. The molecule has 3 heteroatoms. The summed E-state index contributed by atoms with van der Waals surface area (Å²) in [7, 11) is 1.76. The van der Waals surface area contributed by atoms with Gasteiger partial charge >= 0.3 is 0 Å². The van der Waals surface area contributed by atoms with Crippen LogP contribution in [0, 0.1) is 0 Å². The number of hydrogen-bond acceptors (Lipinski definition) is 3. The van der Waals surface area contributed by atoms with Crippen molar-refractivity contribution >= 4 is 5.69 Å². The predicted octanol–water partition coefficient (Wildman–Crippen LogP) is 2.42. The molecule has 0 amide bonds. The predicted molar refractivity (Wildman–Crippen MR) is 74.4 cm³/mol. The van der Waals surface area contributed by atoms with Crippen LogP contribution in [0.3, 0.4) is 0 Å². The maximum absolute atomic E-state index is 5.52. The van der Waals surface area contributed by atoms with E-state index in [1.54, 1.807) is 7.11 Å². The summed E-state index contributed by atoms with van der Waals surface area (Å²) in [6.45, 7) is 2.17. The van der Waals surface area contributed by atoms with Crippen molar-refractivity contribution in [1.29, 1.82) is 0 Å². The highest BCUT2D eigenvalue weighted by atomic mass is 16.5. The van der Waals surface area contributed by atoms with Crippen LogP contribution >= 0.6 is 0 Å². The van der Waals surface area contributed by atoms with E-state index in [1.807, 2.05) is 6.07 Å². The van der Waals surface area contributed by atoms with E-state index in [9.17, 15) is 0 Å². The van der Waals surface area contributed by atoms with Gasteiger partial charge in [-0.1, -0.05) is 25.0 Å². The minimum atomic E-state index is 0.642. The van der Waals surface area contributed by atoms with Crippen molar-refractivity contribution in [1.82, 2.24) is 5.32 Å². The van der Waals surface area contributed by atoms with Crippen LogP contribution < -0.4 is 15.0 Å². The SMILES string of the molecule is COc1ccccc1N1CCN[C@@H]2CCCC[C@@H]21. The van der Waals surface area contributed by atoms with E-state index in [0.29, 0.717) is 12.1 Å². The zero-order valence-electron chi connectivity index (χ0n) is 11.1. The van der Waals surface area contributed by atoms with Crippen molar-refractivity contribution in [3.8, 4) is 5.75 Å². The van der Waals surface area contributed by atoms with E-state index in [0.717, 1.165) is 18.8 Å². The molecule has 1 heterocycles. The standard InChI is InChI=1S/C15H22N2O/c1-18-15-9-5-4-8-14(15)17-11-10-16-12-6-2-3-7-13(12)17/h4-5,8-9,12-13,16H,2-3,6-7,10-11H2,1H3/t12-,13+/m1/s1. The zero-order valence-corrected chi connectivity index (χ0v) is 11.1. The van der Waals surface area contributed by atoms with Gasteiger partial charge in [0.15, 0.2) is 0 Å². The maximum atomic E-state index is 5.52. The highest BCUT2D eigenvalue weighted by Crippen LogP contribution is 2.34. The fraction of sp³-hybridized carbons (Fsp3) is 0.600. The normalized spacial score (nSPS) is 27.7. The summed E-state index contributed by atoms with van der Waals surface area (Å²) in [5.74, 6) is 1.00. The average Bonchev–Trinajstić information content (AvgIpc) is 2.46. The van der Waals surface area contributed by atoms with Crippen LogP contribution in [0.1, 0.15) is 25.7 Å². The van der Waals surface area contributed by atoms with Crippen LogP contribution in [-0.4, -0.2) is 32.3 Å². The van der Waals surface area contributed by atoms with Gasteiger partial charge in [0, 0.05) is 25.2 Å². The first-order valence-corrected chi connectivity index (χ1v) is 7.03. The van der Waals surface area contributed by atoms with Gasteiger partial charge in [-0.3, -0.25) is 0 Å². The number of rotatable bonds is 2. The van der Waals surface area contributed by atoms with Crippen molar-refractivity contribution < 1.29 is 4.74 Å². The topological polar surface area (TPSA) is 24.5 Å². The number of nitrogens with zero attached hydrogens (tertiary/aromatic N) is 1. The van der Waals surface area contributed by atoms with Crippen LogP contribution in [0.2, 0.25) is 0 Å². The van der Waals surface area contributed by atoms with Crippen molar-refractivity contribution in [2.24, 2.45) is 0 Å². The summed E-state index contributed by atoms with van der Waals surface area (Å²) in [5, 5.41) is 3.68. The van der Waals surface area contributed by atoms with Gasteiger partial charge in [0.05, 0.1) is 12.8 Å². The van der Waals surface area contributed by atoms with Gasteiger partial charge in [-0.2, -0.15) is 0 Å². The first-order valence-electron chi connectivity index (χ1n) is 7.03. The molecule has 1 aliphatic carbocycles. The maximum Gasteiger partial charge on any atom is 0.142 e. The molecule has 98 valence electrons. The Morgan fingerprint density at radius 2 is 2.06 bits per heavy atom. The number of ether oxygens (including phenoxy) is 1. The summed E-state index contributed by atoms with van der Waals surface area (Å²) in [6, 6.07) is 9.72. The Balaban J connectivity index is 1.89. The summed E-state index contributed by atoms with van der Waals surface area (Å²) in [6.07, 6.45) is 5.34. The van der Waals surface area contributed by atoms with Crippen molar-refractivity contribution in [2.75, 3.05) is 25.1 Å². The Morgan fingerprint density at radius 1 is 1.22 bits per heavy atom. The monoisotopic (exact) mass is 246 g/mol. The second-order valence-electron chi connectivity index (χ2n) is 5.28. The number of benzene rings is 1. The fourth-order valence-corrected chi connectivity index (χ4v) is 3.42. The molecule has 1 saturated carbocycles. The van der Waals surface area contributed by atoms with Gasteiger partial charge in [-0.15, -0.1) is 0 Å². The number of piperazine rings is 1. The Kier molecular flexibility index (Phi) is 3.41. The van der Waals surface area contributed by atoms with E-state index in [2.05, 4.69) is 28.4 Å². The highest BCUT2D eigenvalue weighted by Gasteiger charge is 2.33. The molecule has 1 aromatic carbocycles. The van der Waals surface area contributed by atoms with Gasteiger partial charge in [0.2, 0.25) is 0 Å². The van der Waals surface area contributed by atoms with Crippen LogP contribution in [0.4, 0.5) is 5.69 Å². The van der Waals surface area contributed by atoms with E-state index in [1.165, 1.54) is 31.4 Å². The molecule has 0 radical (unpaired) electrons. The quantitative estimate of drug-likeness (QED) is 0.867. The Morgan fingerprint density at radius 3 is 2.94 bits per heavy atom. The molecule has 0 unspecified atom stereocenters. The molecule has 2 atom stereocenters. The third kappa shape index (κ3) is 2.07. The molecule has 3 rings (SSSR count). The molecular weight excluding hydrogens is 224 g/mol. The molecule has 2 aliphatic rings. The summed E-state index contributed by atoms with van der Waals surface area (Å²) >= 11 is 0. The van der Waals surface area contributed by atoms with Gasteiger partial charge < -0.3 is 15.0 Å². The number of nitrogens with one attached hydrogen (secondary N) is 1. The van der Waals surface area contributed by atoms with Crippen molar-refractivity contribution in [3.63, 3.8) is 0 Å². The van der Waals surface area contributed by atoms with Crippen molar-refractivity contribution in [2.45, 2.75) is 37.8 Å². The second kappa shape index (κ2) is 5.19. The molecule has 1 aliphatic heterocycles. The molecule has 1 aromatic rings. The zero-order chi connectivity index (χ0) is 12.4. The number of hydrogen-bond donors (Lipinski definition) is 1. The lowest BCUT2D eigenvalue weighted by Crippen LogP contribution is -2.59. The minimum Gasteiger partial charge on any atom is -0.495 e. The largest absolute Gasteiger partial charge is 0.495 e. The first kappa shape index (κ1) is 11.8. The lowest BCUT2D eigenvalue weighted by Gasteiger charge is -2.46. The van der Waals surface area contributed by atoms with Crippen molar-refractivity contribution in [3.05, 3.63) is 24.3 Å². The third-order valence-electron chi connectivity index (χ3n) is 4.28. The summed E-state index contributed by atoms with van der Waals surface area (Å²) < 4.78 is 5.52. The van der Waals surface area contributed by atoms with Crippen LogP contribution in [0.5, 0.6) is 5.75 Å². The number of fused-ring (bicyclic) bond motifs is 1. The molecule has 18 heavy (non-hydrogen) atoms. The number of anilines is 1. The average molecular weight is 246 g/mol. The van der Waals surface area contributed by atoms with E-state index in [-0.39, 0.29) is 0 Å². The Hall–Kier alpha value is -1.22. The first-order chi connectivity index (χ1) is 8.90. The van der Waals surface area contributed by atoms with Crippen LogP contribution in [0.15, 0.2) is 24.3 Å². The lowest BCUT2D eigenvalue weighted by atomic mass is 9.87. The number of para-hydroxylation sites is 2. The van der Waals surface area contributed by atoms with Gasteiger partial charge in [0.1, 0.15) is 5.75 Å². The molecule has 0 bridgehead atoms. The second-order valence-corrected chi connectivity index (χ2v) is 5.28. The molecule has 1 saturated heterocycles. The van der Waals surface area contributed by atoms with Crippen LogP contribution in [-0.2, 0) is 0 Å². The highest BCUT2D eigenvalue weighted by molar-refractivity contribution is 5.59. The minimum absolute atomic E-state index is 0.642. The van der Waals surface area contributed by atoms with Gasteiger partial charge in [0.25, 0.3) is 0 Å². The van der Waals surface area contributed by atoms with Crippen LogP contribution in [0.25, 0.3) is 0 Å². The van der Waals surface area contributed by atoms with E-state index < -0.39 is 0 Å². The van der Waals surface area contributed by atoms with Gasteiger partial charge in [-0.25, -0.2) is 0 Å². The summed E-state index contributed by atoms with van der Waals surface area (Å²) in [5.41, 5.74) is 1.26. The lowest BCUT2D eigenvalue weighted by molar-refractivity contribution is 0.282. The molecule has 0 aromatic heterocycles. The third-order valence-corrected chi connectivity index (χ3v) is 4.28. The molecule has 2 fully saturated rings. The Bertz CT molecular complexity index is 405. The number of methoxy groups -OCH3 is 1. The Labute approximate surface area is 109 Å².